The van der Waals surface area contributed by atoms with Crippen LogP contribution in [0, 0.1) is 0 Å². The van der Waals surface area contributed by atoms with Crippen molar-refractivity contribution in [3.05, 3.63) is 24.2 Å². The molecule has 0 aliphatic rings. The van der Waals surface area contributed by atoms with Crippen LogP contribution in [0.3, 0.4) is 0 Å². The third kappa shape index (κ3) is 3.94. The van der Waals surface area contributed by atoms with Crippen LogP contribution in [0.15, 0.2) is 23.0 Å². The van der Waals surface area contributed by atoms with E-state index in [1.54, 1.807) is 12.5 Å². The van der Waals surface area contributed by atoms with Gasteiger partial charge < -0.3 is 14.6 Å². The lowest BCUT2D eigenvalue weighted by Gasteiger charge is -2.13. The molecule has 0 aliphatic carbocycles. The van der Waals surface area contributed by atoms with E-state index >= 15 is 0 Å². The zero-order chi connectivity index (χ0) is 10.4. The molecule has 14 heavy (non-hydrogen) atoms. The Bertz CT molecular complexity index is 231. The molecule has 1 aromatic heterocycles. The minimum Gasteiger partial charge on any atom is -0.472 e. The highest BCUT2D eigenvalue weighted by Gasteiger charge is 2.04. The topological polar surface area (TPSA) is 28.4 Å². The van der Waals surface area contributed by atoms with Crippen molar-refractivity contribution in [3.63, 3.8) is 0 Å². The van der Waals surface area contributed by atoms with Gasteiger partial charge in [-0.2, -0.15) is 0 Å². The van der Waals surface area contributed by atoms with Crippen molar-refractivity contribution in [2.75, 3.05) is 27.2 Å². The molecule has 3 nitrogen and oxygen atoms in total. The molecule has 0 fully saturated rings. The Kier molecular flexibility index (Phi) is 4.70. The summed E-state index contributed by atoms with van der Waals surface area (Å²) in [5.74, 6) is 0. The molecule has 1 N–H and O–H groups in total. The fourth-order valence-electron chi connectivity index (χ4n) is 1.35. The first kappa shape index (κ1) is 11.3. The van der Waals surface area contributed by atoms with E-state index < -0.39 is 0 Å². The van der Waals surface area contributed by atoms with Crippen molar-refractivity contribution in [3.8, 4) is 0 Å². The van der Waals surface area contributed by atoms with Crippen LogP contribution in [0.4, 0.5) is 0 Å². The summed E-state index contributed by atoms with van der Waals surface area (Å²) in [6, 6.07) is 2.39. The monoisotopic (exact) mass is 196 g/mol. The lowest BCUT2D eigenvalue weighted by atomic mass is 10.2. The maximum absolute atomic E-state index is 5.03. The summed E-state index contributed by atoms with van der Waals surface area (Å²) in [4.78, 5) is 2.20. The van der Waals surface area contributed by atoms with Gasteiger partial charge in [-0.25, -0.2) is 0 Å². The maximum atomic E-state index is 5.03. The molecule has 0 saturated carbocycles. The van der Waals surface area contributed by atoms with E-state index in [1.807, 2.05) is 6.07 Å². The molecule has 0 spiro atoms. The Hall–Kier alpha value is -0.800. The van der Waals surface area contributed by atoms with E-state index in [9.17, 15) is 0 Å². The first-order valence-electron chi connectivity index (χ1n) is 5.10. The average molecular weight is 196 g/mol. The van der Waals surface area contributed by atoms with E-state index in [-0.39, 0.29) is 0 Å². The predicted molar refractivity (Wildman–Crippen MR) is 58.3 cm³/mol. The highest BCUT2D eigenvalue weighted by atomic mass is 16.3. The summed E-state index contributed by atoms with van der Waals surface area (Å²) in [6.45, 7) is 4.33. The van der Waals surface area contributed by atoms with Gasteiger partial charge in [-0.1, -0.05) is 0 Å². The molecule has 3 heteroatoms. The zero-order valence-electron chi connectivity index (χ0n) is 9.29. The summed E-state index contributed by atoms with van der Waals surface area (Å²) in [5.41, 5.74) is 1.22. The van der Waals surface area contributed by atoms with Crippen LogP contribution in [-0.4, -0.2) is 32.1 Å². The van der Waals surface area contributed by atoms with Gasteiger partial charge in [-0.05, 0) is 46.6 Å². The van der Waals surface area contributed by atoms with Crippen molar-refractivity contribution >= 4 is 0 Å². The second kappa shape index (κ2) is 5.83. The van der Waals surface area contributed by atoms with Gasteiger partial charge >= 0.3 is 0 Å². The van der Waals surface area contributed by atoms with E-state index in [0.717, 1.165) is 13.1 Å². The van der Waals surface area contributed by atoms with Crippen molar-refractivity contribution in [1.82, 2.24) is 10.2 Å². The van der Waals surface area contributed by atoms with Gasteiger partial charge in [0.05, 0.1) is 12.5 Å². The molecule has 0 amide bonds. The van der Waals surface area contributed by atoms with Crippen LogP contribution in [0.2, 0.25) is 0 Å². The van der Waals surface area contributed by atoms with Crippen LogP contribution in [0.1, 0.15) is 24.9 Å². The third-order valence-corrected chi connectivity index (χ3v) is 2.28. The quantitative estimate of drug-likeness (QED) is 0.704. The molecule has 1 rings (SSSR count). The number of furan rings is 1. The number of hydrogen-bond acceptors (Lipinski definition) is 3. The summed E-state index contributed by atoms with van der Waals surface area (Å²) < 4.78 is 5.03. The average Bonchev–Trinajstić information content (AvgIpc) is 2.64. The molecular weight excluding hydrogens is 176 g/mol. The smallest absolute Gasteiger partial charge is 0.0950 e. The Morgan fingerprint density at radius 1 is 1.50 bits per heavy atom. The molecule has 1 atom stereocenters. The molecule has 0 aliphatic heterocycles. The normalized spacial score (nSPS) is 13.4. The molecule has 0 saturated heterocycles. The summed E-state index contributed by atoms with van der Waals surface area (Å²) in [5, 5.41) is 3.45. The Labute approximate surface area is 86.1 Å². The van der Waals surface area contributed by atoms with Gasteiger partial charge in [0.25, 0.3) is 0 Å². The first-order valence-corrected chi connectivity index (χ1v) is 5.10. The molecule has 1 unspecified atom stereocenters. The predicted octanol–water partition coefficient (Wildman–Crippen LogP) is 1.88. The molecule has 0 radical (unpaired) electrons. The number of rotatable bonds is 6. The Morgan fingerprint density at radius 2 is 2.29 bits per heavy atom. The van der Waals surface area contributed by atoms with Crippen molar-refractivity contribution in [1.29, 1.82) is 0 Å². The van der Waals surface area contributed by atoms with E-state index in [0.29, 0.717) is 6.04 Å². The Balaban J connectivity index is 2.13. The number of hydrogen-bond donors (Lipinski definition) is 1. The van der Waals surface area contributed by atoms with Crippen LogP contribution in [0.5, 0.6) is 0 Å². The molecule has 1 heterocycles. The van der Waals surface area contributed by atoms with E-state index in [4.69, 9.17) is 4.42 Å². The molecule has 0 bridgehead atoms. The lowest BCUT2D eigenvalue weighted by Crippen LogP contribution is -2.23. The van der Waals surface area contributed by atoms with Crippen molar-refractivity contribution in [2.45, 2.75) is 19.4 Å². The van der Waals surface area contributed by atoms with Gasteiger partial charge in [0.1, 0.15) is 0 Å². The molecule has 80 valence electrons. The summed E-state index contributed by atoms with van der Waals surface area (Å²) in [7, 11) is 4.19. The zero-order valence-corrected chi connectivity index (χ0v) is 9.29. The number of nitrogens with zero attached hydrogens (tertiary/aromatic N) is 1. The van der Waals surface area contributed by atoms with Crippen LogP contribution < -0.4 is 5.32 Å². The van der Waals surface area contributed by atoms with Crippen LogP contribution >= 0.6 is 0 Å². The maximum Gasteiger partial charge on any atom is 0.0950 e. The minimum atomic E-state index is 0.385. The van der Waals surface area contributed by atoms with Crippen LogP contribution in [-0.2, 0) is 0 Å². The second-order valence-corrected chi connectivity index (χ2v) is 3.89. The largest absolute Gasteiger partial charge is 0.472 e. The number of nitrogens with one attached hydrogen (secondary N) is 1. The van der Waals surface area contributed by atoms with E-state index in [1.165, 1.54) is 12.0 Å². The van der Waals surface area contributed by atoms with Crippen LogP contribution in [0.25, 0.3) is 0 Å². The molecule has 1 aromatic rings. The van der Waals surface area contributed by atoms with Crippen molar-refractivity contribution < 1.29 is 4.42 Å². The van der Waals surface area contributed by atoms with Gasteiger partial charge in [-0.3, -0.25) is 0 Å². The van der Waals surface area contributed by atoms with Crippen molar-refractivity contribution in [2.24, 2.45) is 0 Å². The fourth-order valence-corrected chi connectivity index (χ4v) is 1.35. The van der Waals surface area contributed by atoms with Gasteiger partial charge in [0.2, 0.25) is 0 Å². The summed E-state index contributed by atoms with van der Waals surface area (Å²) >= 11 is 0. The highest BCUT2D eigenvalue weighted by molar-refractivity contribution is 5.09. The fraction of sp³-hybridized carbons (Fsp3) is 0.636. The standard InChI is InChI=1S/C11H20N2O/c1-10(11-5-8-14-9-11)12-6-4-7-13(2)3/h5,8-10,12H,4,6-7H2,1-3H3. The third-order valence-electron chi connectivity index (χ3n) is 2.28. The van der Waals surface area contributed by atoms with Gasteiger partial charge in [0, 0.05) is 11.6 Å². The lowest BCUT2D eigenvalue weighted by molar-refractivity contribution is 0.389. The highest BCUT2D eigenvalue weighted by Crippen LogP contribution is 2.11. The minimum absolute atomic E-state index is 0.385. The first-order chi connectivity index (χ1) is 6.70. The molecular formula is C11H20N2O. The van der Waals surface area contributed by atoms with Gasteiger partial charge in [-0.15, -0.1) is 0 Å². The Morgan fingerprint density at radius 3 is 2.86 bits per heavy atom. The van der Waals surface area contributed by atoms with E-state index in [2.05, 4.69) is 31.2 Å². The van der Waals surface area contributed by atoms with Gasteiger partial charge in [0.15, 0.2) is 0 Å². The summed E-state index contributed by atoms with van der Waals surface area (Å²) in [6.07, 6.45) is 4.69. The SMILES string of the molecule is CC(NCCCN(C)C)c1ccoc1. The molecule has 0 aromatic carbocycles. The second-order valence-electron chi connectivity index (χ2n) is 3.89.